The number of aromatic nitrogens is 1. The van der Waals surface area contributed by atoms with Crippen molar-refractivity contribution >= 4 is 34.4 Å². The van der Waals surface area contributed by atoms with Crippen LogP contribution in [0.25, 0.3) is 16.5 Å². The Morgan fingerprint density at radius 2 is 1.54 bits per heavy atom. The van der Waals surface area contributed by atoms with Gasteiger partial charge in [-0.1, -0.05) is 75.2 Å². The Kier molecular flexibility index (Phi) is 5.51. The van der Waals surface area contributed by atoms with Gasteiger partial charge in [-0.05, 0) is 43.4 Å². The Hall–Kier alpha value is -2.18. The first kappa shape index (κ1) is 19.2. The molecule has 0 fully saturated rings. The number of rotatable bonds is 7. The fourth-order valence-electron chi connectivity index (χ4n) is 4.24. The van der Waals surface area contributed by atoms with Gasteiger partial charge in [-0.2, -0.15) is 0 Å². The van der Waals surface area contributed by atoms with E-state index >= 15 is 0 Å². The maximum absolute atomic E-state index is 14.8. The van der Waals surface area contributed by atoms with Crippen molar-refractivity contribution in [2.24, 2.45) is 0 Å². The molecule has 2 aromatic carbocycles. The Morgan fingerprint density at radius 3 is 2.29 bits per heavy atom. The minimum absolute atomic E-state index is 0.814. The summed E-state index contributed by atoms with van der Waals surface area (Å²) in [4.78, 5) is 5.00. The molecule has 1 unspecified atom stereocenters. The molecule has 0 spiro atoms. The molecule has 0 radical (unpaired) electrons. The summed E-state index contributed by atoms with van der Waals surface area (Å²) in [6, 6.07) is 20.5. The lowest BCUT2D eigenvalue weighted by Crippen LogP contribution is -2.19. The largest absolute Gasteiger partial charge is 0.307 e. The Labute approximate surface area is 168 Å². The molecule has 0 aliphatic carbocycles. The molecule has 144 valence electrons. The van der Waals surface area contributed by atoms with Gasteiger partial charge in [-0.3, -0.25) is 0 Å². The standard InChI is InChI=1S/C25H28NOP/c1-3-5-15-21-22-18-19-12-10-11-16-23(19)26-25(22)28(27,24(21)17-6-4-2)20-13-8-7-9-14-20/h7-14,16,18H,3-6,15,17H2,1-2H3. The summed E-state index contributed by atoms with van der Waals surface area (Å²) < 4.78 is 14.8. The fraction of sp³-hybridized carbons (Fsp3) is 0.320. The first-order chi connectivity index (χ1) is 13.7. The van der Waals surface area contributed by atoms with Crippen LogP contribution in [-0.4, -0.2) is 4.98 Å². The van der Waals surface area contributed by atoms with E-state index in [1.54, 1.807) is 0 Å². The third kappa shape index (κ3) is 3.14. The number of pyridine rings is 1. The quantitative estimate of drug-likeness (QED) is 0.423. The predicted molar refractivity (Wildman–Crippen MR) is 121 cm³/mol. The van der Waals surface area contributed by atoms with Crippen LogP contribution < -0.4 is 10.7 Å². The smallest absolute Gasteiger partial charge is 0.185 e. The zero-order valence-electron chi connectivity index (χ0n) is 16.8. The van der Waals surface area contributed by atoms with Crippen LogP contribution >= 0.6 is 7.14 Å². The second-order valence-corrected chi connectivity index (χ2v) is 10.3. The highest BCUT2D eigenvalue weighted by molar-refractivity contribution is 7.83. The number of benzene rings is 2. The molecule has 1 atom stereocenters. The van der Waals surface area contributed by atoms with Gasteiger partial charge in [0.1, 0.15) is 5.44 Å². The molecule has 2 nitrogen and oxygen atoms in total. The Bertz CT molecular complexity index is 1070. The summed E-state index contributed by atoms with van der Waals surface area (Å²) in [6.45, 7) is 4.42. The number of hydrogen-bond donors (Lipinski definition) is 0. The van der Waals surface area contributed by atoms with Gasteiger partial charge in [0.15, 0.2) is 7.14 Å². The number of nitrogens with zero attached hydrogens (tertiary/aromatic N) is 1. The molecule has 28 heavy (non-hydrogen) atoms. The fourth-order valence-corrected chi connectivity index (χ4v) is 7.52. The number of para-hydroxylation sites is 1. The van der Waals surface area contributed by atoms with Gasteiger partial charge in [-0.25, -0.2) is 4.98 Å². The molecule has 0 N–H and O–H groups in total. The van der Waals surface area contributed by atoms with E-state index in [4.69, 9.17) is 4.98 Å². The third-order valence-electron chi connectivity index (χ3n) is 5.72. The van der Waals surface area contributed by atoms with E-state index in [0.29, 0.717) is 0 Å². The second-order valence-electron chi connectivity index (χ2n) is 7.63. The van der Waals surface area contributed by atoms with Gasteiger partial charge < -0.3 is 4.57 Å². The van der Waals surface area contributed by atoms with E-state index in [-0.39, 0.29) is 0 Å². The molecule has 1 aliphatic heterocycles. The van der Waals surface area contributed by atoms with Crippen LogP contribution in [0.3, 0.4) is 0 Å². The monoisotopic (exact) mass is 389 g/mol. The Morgan fingerprint density at radius 1 is 0.857 bits per heavy atom. The summed E-state index contributed by atoms with van der Waals surface area (Å²) >= 11 is 0. The van der Waals surface area contributed by atoms with Crippen LogP contribution in [-0.2, 0) is 4.57 Å². The van der Waals surface area contributed by atoms with E-state index < -0.39 is 7.14 Å². The zero-order valence-corrected chi connectivity index (χ0v) is 17.7. The summed E-state index contributed by atoms with van der Waals surface area (Å²) in [5.41, 5.74) is 4.18. The van der Waals surface area contributed by atoms with Gasteiger partial charge in [0.2, 0.25) is 0 Å². The van der Waals surface area contributed by atoms with Crippen molar-refractivity contribution in [3.05, 3.63) is 71.5 Å². The van der Waals surface area contributed by atoms with Crippen LogP contribution in [0, 0.1) is 0 Å². The minimum atomic E-state index is -2.88. The highest BCUT2D eigenvalue weighted by Gasteiger charge is 2.43. The molecular formula is C25H28NOP. The van der Waals surface area contributed by atoms with Crippen LogP contribution in [0.5, 0.6) is 0 Å². The molecular weight excluding hydrogens is 361 g/mol. The van der Waals surface area contributed by atoms with Gasteiger partial charge in [0.05, 0.1) is 5.52 Å². The highest BCUT2D eigenvalue weighted by atomic mass is 31.2. The average Bonchev–Trinajstić information content (AvgIpc) is 2.97. The zero-order chi connectivity index (χ0) is 19.6. The van der Waals surface area contributed by atoms with Crippen molar-refractivity contribution in [3.63, 3.8) is 0 Å². The number of hydrogen-bond acceptors (Lipinski definition) is 2. The van der Waals surface area contributed by atoms with Crippen molar-refractivity contribution in [1.29, 1.82) is 0 Å². The predicted octanol–water partition coefficient (Wildman–Crippen LogP) is 6.65. The van der Waals surface area contributed by atoms with Crippen molar-refractivity contribution in [1.82, 2.24) is 4.98 Å². The first-order valence-corrected chi connectivity index (χ1v) is 12.2. The van der Waals surface area contributed by atoms with Crippen LogP contribution in [0.4, 0.5) is 0 Å². The normalized spacial score (nSPS) is 18.6. The molecule has 0 bridgehead atoms. The lowest BCUT2D eigenvalue weighted by molar-refractivity contribution is 0.589. The summed E-state index contributed by atoms with van der Waals surface area (Å²) in [5.74, 6) is 0. The van der Waals surface area contributed by atoms with Crippen molar-refractivity contribution < 1.29 is 4.57 Å². The van der Waals surface area contributed by atoms with E-state index in [1.807, 2.05) is 42.5 Å². The van der Waals surface area contributed by atoms with Crippen molar-refractivity contribution in [3.8, 4) is 0 Å². The topological polar surface area (TPSA) is 30.0 Å². The van der Waals surface area contributed by atoms with Gasteiger partial charge >= 0.3 is 0 Å². The van der Waals surface area contributed by atoms with Crippen LogP contribution in [0.15, 0.2) is 66.0 Å². The molecule has 0 amide bonds. The van der Waals surface area contributed by atoms with Crippen LogP contribution in [0.2, 0.25) is 0 Å². The molecule has 0 saturated carbocycles. The van der Waals surface area contributed by atoms with E-state index in [1.165, 1.54) is 5.57 Å². The number of fused-ring (bicyclic) bond motifs is 2. The van der Waals surface area contributed by atoms with Crippen molar-refractivity contribution in [2.45, 2.75) is 52.4 Å². The summed E-state index contributed by atoms with van der Waals surface area (Å²) in [6.07, 6.45) is 6.30. The molecule has 1 aliphatic rings. The molecule has 1 aromatic heterocycles. The third-order valence-corrected chi connectivity index (χ3v) is 8.94. The SMILES string of the molecule is CCCCC1=C(CCCC)P(=O)(c2ccccc2)c2nc3ccccc3cc21. The summed E-state index contributed by atoms with van der Waals surface area (Å²) in [5, 5.41) is 3.22. The van der Waals surface area contributed by atoms with Crippen molar-refractivity contribution in [2.75, 3.05) is 0 Å². The maximum atomic E-state index is 14.8. The molecule has 2 heterocycles. The average molecular weight is 389 g/mol. The molecule has 0 saturated heterocycles. The number of unbranched alkanes of at least 4 members (excludes halogenated alkanes) is 2. The summed E-state index contributed by atoms with van der Waals surface area (Å²) in [7, 11) is -2.88. The molecule has 3 aromatic rings. The van der Waals surface area contributed by atoms with E-state index in [0.717, 1.165) is 71.0 Å². The highest BCUT2D eigenvalue weighted by Crippen LogP contribution is 2.62. The van der Waals surface area contributed by atoms with Gasteiger partial charge in [-0.15, -0.1) is 0 Å². The maximum Gasteiger partial charge on any atom is 0.185 e. The van der Waals surface area contributed by atoms with E-state index in [9.17, 15) is 4.57 Å². The minimum Gasteiger partial charge on any atom is -0.307 e. The second kappa shape index (κ2) is 8.05. The number of allylic oxidation sites excluding steroid dienone is 2. The molecule has 3 heteroatoms. The Balaban J connectivity index is 2.01. The molecule has 4 rings (SSSR count). The first-order valence-electron chi connectivity index (χ1n) is 10.5. The van der Waals surface area contributed by atoms with E-state index in [2.05, 4.69) is 32.0 Å². The van der Waals surface area contributed by atoms with Gasteiger partial charge in [0.25, 0.3) is 0 Å². The lowest BCUT2D eigenvalue weighted by atomic mass is 9.98. The van der Waals surface area contributed by atoms with Gasteiger partial charge in [0, 0.05) is 21.6 Å². The lowest BCUT2D eigenvalue weighted by Gasteiger charge is -2.18. The van der Waals surface area contributed by atoms with Crippen LogP contribution in [0.1, 0.15) is 57.9 Å².